The molecule has 1 N–H and O–H groups in total. The van der Waals surface area contributed by atoms with Crippen LogP contribution in [-0.4, -0.2) is 18.7 Å². The minimum absolute atomic E-state index is 0. The van der Waals surface area contributed by atoms with Crippen molar-refractivity contribution in [3.05, 3.63) is 29.3 Å². The Labute approximate surface area is 112 Å². The first-order valence-corrected chi connectivity index (χ1v) is 6.77. The van der Waals surface area contributed by atoms with E-state index in [-0.39, 0.29) is 13.0 Å². The van der Waals surface area contributed by atoms with Gasteiger partial charge in [0.05, 0.1) is 0 Å². The van der Waals surface area contributed by atoms with Crippen LogP contribution in [0.1, 0.15) is 45.2 Å². The molecule has 0 aromatic heterocycles. The summed E-state index contributed by atoms with van der Waals surface area (Å²) >= 11 is 0. The summed E-state index contributed by atoms with van der Waals surface area (Å²) in [5, 5.41) is 3.39. The van der Waals surface area contributed by atoms with E-state index in [2.05, 4.69) is 30.4 Å². The van der Waals surface area contributed by atoms with Gasteiger partial charge in [-0.25, -0.2) is 0 Å². The normalized spacial score (nSPS) is 19.1. The van der Waals surface area contributed by atoms with Gasteiger partial charge in [-0.05, 0) is 44.5 Å². The molecule has 1 aromatic rings. The lowest BCUT2D eigenvalue weighted by molar-refractivity contribution is 0.0600. The smallest absolute Gasteiger partial charge is 0.123 e. The first-order chi connectivity index (χ1) is 8.27. The van der Waals surface area contributed by atoms with E-state index in [9.17, 15) is 0 Å². The Bertz CT molecular complexity index is 381. The maximum Gasteiger partial charge on any atom is 0.123 e. The topological polar surface area (TPSA) is 21.3 Å². The Morgan fingerprint density at radius 1 is 1.17 bits per heavy atom. The quantitative estimate of drug-likeness (QED) is 0.756. The van der Waals surface area contributed by atoms with Crippen LogP contribution in [0.25, 0.3) is 0 Å². The minimum Gasteiger partial charge on any atom is -0.487 e. The zero-order valence-electron chi connectivity index (χ0n) is 11.2. The number of benzene rings is 1. The summed E-state index contributed by atoms with van der Waals surface area (Å²) < 4.78 is 6.15. The molecule has 0 saturated carbocycles. The summed E-state index contributed by atoms with van der Waals surface area (Å²) in [7, 11) is 0. The molecule has 2 heterocycles. The standard InChI is InChI=1S/C13H17NO.C2H6.CH4/c1-10-2-3-12-11(8-10)9-13(15-12)4-6-14-7-5-13;1-2;/h2-3,8,14H,4-7,9H2,1H3;1-2H3;1H4. The molecule has 2 nitrogen and oxygen atoms in total. The minimum atomic E-state index is 0. The molecule has 1 aromatic carbocycles. The van der Waals surface area contributed by atoms with Crippen LogP contribution in [-0.2, 0) is 6.42 Å². The van der Waals surface area contributed by atoms with Gasteiger partial charge in [0.15, 0.2) is 0 Å². The van der Waals surface area contributed by atoms with Gasteiger partial charge in [0, 0.05) is 6.42 Å². The molecule has 0 aliphatic carbocycles. The number of piperidine rings is 1. The summed E-state index contributed by atoms with van der Waals surface area (Å²) in [5.74, 6) is 1.11. The zero-order chi connectivity index (χ0) is 12.3. The summed E-state index contributed by atoms with van der Waals surface area (Å²) in [6, 6.07) is 6.53. The van der Waals surface area contributed by atoms with E-state index >= 15 is 0 Å². The summed E-state index contributed by atoms with van der Waals surface area (Å²) in [6.45, 7) is 8.33. The van der Waals surface area contributed by atoms with Crippen LogP contribution in [0, 0.1) is 6.92 Å². The van der Waals surface area contributed by atoms with Crippen molar-refractivity contribution in [1.82, 2.24) is 5.32 Å². The van der Waals surface area contributed by atoms with Gasteiger partial charge >= 0.3 is 0 Å². The molecule has 2 aliphatic heterocycles. The first kappa shape index (κ1) is 15.0. The predicted octanol–water partition coefficient (Wildman–Crippen LogP) is 3.71. The van der Waals surface area contributed by atoms with Crippen LogP contribution in [0.3, 0.4) is 0 Å². The van der Waals surface area contributed by atoms with Crippen LogP contribution >= 0.6 is 0 Å². The van der Waals surface area contributed by atoms with Gasteiger partial charge < -0.3 is 10.1 Å². The molecule has 0 bridgehead atoms. The molecular weight excluding hydrogens is 222 g/mol. The number of ether oxygens (including phenoxy) is 1. The largest absolute Gasteiger partial charge is 0.487 e. The molecule has 3 rings (SSSR count). The average molecular weight is 249 g/mol. The van der Waals surface area contributed by atoms with Crippen LogP contribution in [0.4, 0.5) is 0 Å². The number of rotatable bonds is 0. The molecule has 0 atom stereocenters. The Balaban J connectivity index is 0.000000516. The van der Waals surface area contributed by atoms with Gasteiger partial charge in [0.25, 0.3) is 0 Å². The fraction of sp³-hybridized carbons (Fsp3) is 0.625. The van der Waals surface area contributed by atoms with Crippen molar-refractivity contribution >= 4 is 0 Å². The molecule has 1 spiro atoms. The van der Waals surface area contributed by atoms with Gasteiger partial charge in [-0.1, -0.05) is 39.0 Å². The lowest BCUT2D eigenvalue weighted by atomic mass is 9.88. The van der Waals surface area contributed by atoms with Gasteiger partial charge in [-0.15, -0.1) is 0 Å². The first-order valence-electron chi connectivity index (χ1n) is 6.77. The van der Waals surface area contributed by atoms with Crippen LogP contribution in [0.5, 0.6) is 5.75 Å². The van der Waals surface area contributed by atoms with Crippen LogP contribution in [0.2, 0.25) is 0 Å². The van der Waals surface area contributed by atoms with Crippen LogP contribution < -0.4 is 10.1 Å². The second-order valence-corrected chi connectivity index (χ2v) is 4.82. The number of hydrogen-bond acceptors (Lipinski definition) is 2. The van der Waals surface area contributed by atoms with Crippen LogP contribution in [0.15, 0.2) is 18.2 Å². The molecule has 2 aliphatic rings. The van der Waals surface area contributed by atoms with E-state index in [0.717, 1.165) is 38.1 Å². The second kappa shape index (κ2) is 6.24. The SMILES string of the molecule is C.CC.Cc1ccc2c(c1)CC1(CCNCC1)O2. The van der Waals surface area contributed by atoms with Crippen molar-refractivity contribution in [2.24, 2.45) is 0 Å². The van der Waals surface area contributed by atoms with E-state index in [1.54, 1.807) is 0 Å². The molecule has 0 amide bonds. The number of hydrogen-bond donors (Lipinski definition) is 1. The Kier molecular flexibility index (Phi) is 5.21. The second-order valence-electron chi connectivity index (χ2n) is 4.82. The zero-order valence-corrected chi connectivity index (χ0v) is 11.2. The van der Waals surface area contributed by atoms with Crippen molar-refractivity contribution in [1.29, 1.82) is 0 Å². The Hall–Kier alpha value is -1.02. The number of nitrogens with one attached hydrogen (secondary N) is 1. The Morgan fingerprint density at radius 3 is 2.50 bits per heavy atom. The van der Waals surface area contributed by atoms with Crippen molar-refractivity contribution in [2.45, 2.75) is 53.1 Å². The van der Waals surface area contributed by atoms with E-state index in [1.165, 1.54) is 11.1 Å². The molecule has 1 saturated heterocycles. The highest BCUT2D eigenvalue weighted by molar-refractivity contribution is 5.42. The summed E-state index contributed by atoms with van der Waals surface area (Å²) in [4.78, 5) is 0. The maximum atomic E-state index is 6.15. The maximum absolute atomic E-state index is 6.15. The molecule has 0 radical (unpaired) electrons. The fourth-order valence-electron chi connectivity index (χ4n) is 2.72. The molecule has 0 unspecified atom stereocenters. The third-order valence-electron chi connectivity index (χ3n) is 3.57. The fourth-order valence-corrected chi connectivity index (χ4v) is 2.72. The van der Waals surface area contributed by atoms with E-state index in [4.69, 9.17) is 4.74 Å². The van der Waals surface area contributed by atoms with E-state index in [0.29, 0.717) is 0 Å². The van der Waals surface area contributed by atoms with Crippen molar-refractivity contribution in [2.75, 3.05) is 13.1 Å². The lowest BCUT2D eigenvalue weighted by Crippen LogP contribution is -2.45. The van der Waals surface area contributed by atoms with Crippen molar-refractivity contribution < 1.29 is 4.74 Å². The van der Waals surface area contributed by atoms with Crippen molar-refractivity contribution in [3.8, 4) is 5.75 Å². The highest BCUT2D eigenvalue weighted by Gasteiger charge is 2.39. The highest BCUT2D eigenvalue weighted by Crippen LogP contribution is 2.40. The van der Waals surface area contributed by atoms with Gasteiger partial charge in [0.1, 0.15) is 11.4 Å². The number of fused-ring (bicyclic) bond motifs is 1. The van der Waals surface area contributed by atoms with Gasteiger partial charge in [-0.2, -0.15) is 0 Å². The van der Waals surface area contributed by atoms with Gasteiger partial charge in [-0.3, -0.25) is 0 Å². The number of aryl methyl sites for hydroxylation is 1. The average Bonchev–Trinajstić information content (AvgIpc) is 2.69. The molecule has 2 heteroatoms. The molecule has 1 fully saturated rings. The van der Waals surface area contributed by atoms with E-state index < -0.39 is 0 Å². The third kappa shape index (κ3) is 2.86. The summed E-state index contributed by atoms with van der Waals surface area (Å²) in [5.41, 5.74) is 2.85. The molecular formula is C16H27NO. The molecule has 18 heavy (non-hydrogen) atoms. The third-order valence-corrected chi connectivity index (χ3v) is 3.57. The molecule has 102 valence electrons. The predicted molar refractivity (Wildman–Crippen MR) is 78.4 cm³/mol. The monoisotopic (exact) mass is 249 g/mol. The van der Waals surface area contributed by atoms with E-state index in [1.807, 2.05) is 13.8 Å². The highest BCUT2D eigenvalue weighted by atomic mass is 16.5. The summed E-state index contributed by atoms with van der Waals surface area (Å²) in [6.07, 6.45) is 3.38. The Morgan fingerprint density at radius 2 is 1.83 bits per heavy atom. The van der Waals surface area contributed by atoms with Crippen molar-refractivity contribution in [3.63, 3.8) is 0 Å². The van der Waals surface area contributed by atoms with Gasteiger partial charge in [0.2, 0.25) is 0 Å². The lowest BCUT2D eigenvalue weighted by Gasteiger charge is -2.33.